The normalized spacial score (nSPS) is 13.5. The molecule has 3 rings (SSSR count). The number of esters is 1. The monoisotopic (exact) mass is 332 g/mol. The van der Waals surface area contributed by atoms with Gasteiger partial charge in [-0.05, 0) is 43.4 Å². The molecular weight excluding hydrogens is 312 g/mol. The van der Waals surface area contributed by atoms with Crippen LogP contribution in [0.3, 0.4) is 0 Å². The Bertz CT molecular complexity index is 792. The molecule has 0 amide bonds. The summed E-state index contributed by atoms with van der Waals surface area (Å²) in [6.07, 6.45) is 3.77. The minimum absolute atomic E-state index is 0.192. The molecule has 0 fully saturated rings. The number of carbonyl (C=O) groups excluding carboxylic acids is 1. The molecule has 1 aliphatic rings. The first kappa shape index (κ1) is 16.5. The van der Waals surface area contributed by atoms with Crippen LogP contribution in [0.1, 0.15) is 24.0 Å². The van der Waals surface area contributed by atoms with Crippen molar-refractivity contribution in [2.75, 3.05) is 26.9 Å². The highest BCUT2D eigenvalue weighted by Gasteiger charge is 2.18. The van der Waals surface area contributed by atoms with Gasteiger partial charge < -0.3 is 18.6 Å². The van der Waals surface area contributed by atoms with Gasteiger partial charge in [0.05, 0.1) is 6.61 Å². The maximum Gasteiger partial charge on any atom is 0.344 e. The van der Waals surface area contributed by atoms with Gasteiger partial charge in [0.1, 0.15) is 17.9 Å². The molecule has 0 N–H and O–H groups in total. The average molecular weight is 332 g/mol. The van der Waals surface area contributed by atoms with Gasteiger partial charge in [0.25, 0.3) is 0 Å². The highest BCUT2D eigenvalue weighted by Crippen LogP contribution is 2.29. The van der Waals surface area contributed by atoms with Gasteiger partial charge in [0, 0.05) is 24.1 Å². The van der Waals surface area contributed by atoms with Crippen LogP contribution in [0.2, 0.25) is 0 Å². The van der Waals surface area contributed by atoms with E-state index in [9.17, 15) is 9.59 Å². The van der Waals surface area contributed by atoms with E-state index in [1.165, 1.54) is 7.11 Å². The van der Waals surface area contributed by atoms with Crippen molar-refractivity contribution in [3.63, 3.8) is 0 Å². The topological polar surface area (TPSA) is 75.0 Å². The summed E-state index contributed by atoms with van der Waals surface area (Å²) in [5.41, 5.74) is 2.10. The highest BCUT2D eigenvalue weighted by molar-refractivity contribution is 5.83. The van der Waals surface area contributed by atoms with Gasteiger partial charge in [-0.25, -0.2) is 9.59 Å². The molecule has 0 radical (unpaired) electrons. The molecule has 0 saturated heterocycles. The summed E-state index contributed by atoms with van der Waals surface area (Å²) in [4.78, 5) is 23.6. The Kier molecular flexibility index (Phi) is 5.15. The van der Waals surface area contributed by atoms with E-state index in [-0.39, 0.29) is 18.8 Å². The van der Waals surface area contributed by atoms with Crippen molar-refractivity contribution < 1.29 is 23.4 Å². The minimum atomic E-state index is -0.473. The molecule has 1 aromatic carbocycles. The fraction of sp³-hybridized carbons (Fsp3) is 0.444. The minimum Gasteiger partial charge on any atom is -0.482 e. The molecule has 1 aliphatic carbocycles. The summed E-state index contributed by atoms with van der Waals surface area (Å²) in [6, 6.07) is 5.31. The molecule has 0 atom stereocenters. The third-order valence-corrected chi connectivity index (χ3v) is 4.10. The zero-order valence-corrected chi connectivity index (χ0v) is 13.6. The number of methoxy groups -OCH3 is 1. The third-order valence-electron chi connectivity index (χ3n) is 4.10. The molecule has 2 aromatic rings. The van der Waals surface area contributed by atoms with Gasteiger partial charge in [-0.15, -0.1) is 0 Å². The summed E-state index contributed by atoms with van der Waals surface area (Å²) in [5.74, 6) is -0.0101. The van der Waals surface area contributed by atoms with E-state index in [1.54, 1.807) is 12.1 Å². The average Bonchev–Trinajstić information content (AvgIpc) is 2.60. The standard InChI is InChI=1S/C18H20O6/c1-21-8-9-22-17(19)11-23-12-6-7-14-13-4-2-3-5-15(13)18(20)24-16(14)10-12/h6-7,10H,2-5,8-9,11H2,1H3. The van der Waals surface area contributed by atoms with Crippen LogP contribution in [0.4, 0.5) is 0 Å². The van der Waals surface area contributed by atoms with E-state index in [4.69, 9.17) is 18.6 Å². The van der Waals surface area contributed by atoms with Crippen LogP contribution in [0.25, 0.3) is 11.0 Å². The Morgan fingerprint density at radius 1 is 1.17 bits per heavy atom. The lowest BCUT2D eigenvalue weighted by Crippen LogP contribution is -2.17. The highest BCUT2D eigenvalue weighted by atomic mass is 16.6. The molecule has 24 heavy (non-hydrogen) atoms. The summed E-state index contributed by atoms with van der Waals surface area (Å²) >= 11 is 0. The maximum absolute atomic E-state index is 12.1. The van der Waals surface area contributed by atoms with E-state index < -0.39 is 5.97 Å². The Morgan fingerprint density at radius 3 is 2.75 bits per heavy atom. The molecular formula is C18H20O6. The Balaban J connectivity index is 1.75. The second kappa shape index (κ2) is 7.49. The lowest BCUT2D eigenvalue weighted by Gasteiger charge is -2.16. The van der Waals surface area contributed by atoms with Crippen molar-refractivity contribution >= 4 is 16.9 Å². The molecule has 6 nitrogen and oxygen atoms in total. The molecule has 128 valence electrons. The van der Waals surface area contributed by atoms with E-state index in [1.807, 2.05) is 6.07 Å². The Labute approximate surface area is 139 Å². The number of hydrogen-bond donors (Lipinski definition) is 0. The van der Waals surface area contributed by atoms with Gasteiger partial charge in [-0.3, -0.25) is 0 Å². The zero-order valence-electron chi connectivity index (χ0n) is 13.6. The number of hydrogen-bond acceptors (Lipinski definition) is 6. The largest absolute Gasteiger partial charge is 0.482 e. The quantitative estimate of drug-likeness (QED) is 0.459. The smallest absolute Gasteiger partial charge is 0.344 e. The predicted octanol–water partition coefficient (Wildman–Crippen LogP) is 2.24. The fourth-order valence-electron chi connectivity index (χ4n) is 2.94. The van der Waals surface area contributed by atoms with Crippen LogP contribution < -0.4 is 10.4 Å². The van der Waals surface area contributed by atoms with Crippen LogP contribution in [0.15, 0.2) is 27.4 Å². The number of benzene rings is 1. The molecule has 0 spiro atoms. The van der Waals surface area contributed by atoms with Crippen molar-refractivity contribution in [1.29, 1.82) is 0 Å². The van der Waals surface area contributed by atoms with Crippen LogP contribution in [-0.2, 0) is 27.1 Å². The maximum atomic E-state index is 12.1. The molecule has 0 unspecified atom stereocenters. The van der Waals surface area contributed by atoms with E-state index in [0.29, 0.717) is 17.9 Å². The van der Waals surface area contributed by atoms with Crippen LogP contribution in [0.5, 0.6) is 5.75 Å². The van der Waals surface area contributed by atoms with Gasteiger partial charge in [0.2, 0.25) is 0 Å². The number of rotatable bonds is 6. The first-order chi connectivity index (χ1) is 11.7. The van der Waals surface area contributed by atoms with Crippen molar-refractivity contribution in [3.05, 3.63) is 39.7 Å². The lowest BCUT2D eigenvalue weighted by atomic mass is 9.91. The van der Waals surface area contributed by atoms with E-state index in [0.717, 1.165) is 42.2 Å². The van der Waals surface area contributed by atoms with Crippen molar-refractivity contribution in [2.24, 2.45) is 0 Å². The van der Waals surface area contributed by atoms with Gasteiger partial charge in [-0.2, -0.15) is 0 Å². The van der Waals surface area contributed by atoms with Crippen molar-refractivity contribution in [1.82, 2.24) is 0 Å². The predicted molar refractivity (Wildman–Crippen MR) is 87.5 cm³/mol. The lowest BCUT2D eigenvalue weighted by molar-refractivity contribution is -0.147. The first-order valence-electron chi connectivity index (χ1n) is 8.05. The summed E-state index contributed by atoms with van der Waals surface area (Å²) in [5, 5.41) is 0.944. The van der Waals surface area contributed by atoms with Gasteiger partial charge >= 0.3 is 11.6 Å². The van der Waals surface area contributed by atoms with E-state index >= 15 is 0 Å². The number of ether oxygens (including phenoxy) is 3. The van der Waals surface area contributed by atoms with Crippen molar-refractivity contribution in [3.8, 4) is 5.75 Å². The summed E-state index contributed by atoms with van der Waals surface area (Å²) in [6.45, 7) is 0.333. The second-order valence-electron chi connectivity index (χ2n) is 5.71. The first-order valence-corrected chi connectivity index (χ1v) is 8.05. The summed E-state index contributed by atoms with van der Waals surface area (Å²) in [7, 11) is 1.53. The van der Waals surface area contributed by atoms with Gasteiger partial charge in [0.15, 0.2) is 6.61 Å². The van der Waals surface area contributed by atoms with Crippen molar-refractivity contribution in [2.45, 2.75) is 25.7 Å². The second-order valence-corrected chi connectivity index (χ2v) is 5.71. The van der Waals surface area contributed by atoms with Crippen LogP contribution in [0, 0.1) is 0 Å². The molecule has 6 heteroatoms. The third kappa shape index (κ3) is 3.59. The van der Waals surface area contributed by atoms with Gasteiger partial charge in [-0.1, -0.05) is 0 Å². The molecule has 1 aromatic heterocycles. The SMILES string of the molecule is COCCOC(=O)COc1ccc2c3c(c(=O)oc2c1)CCCC3. The molecule has 0 saturated carbocycles. The van der Waals surface area contributed by atoms with E-state index in [2.05, 4.69) is 0 Å². The summed E-state index contributed by atoms with van der Waals surface area (Å²) < 4.78 is 20.6. The Hall–Kier alpha value is -2.34. The van der Waals surface area contributed by atoms with Crippen LogP contribution >= 0.6 is 0 Å². The Morgan fingerprint density at radius 2 is 1.96 bits per heavy atom. The van der Waals surface area contributed by atoms with Crippen LogP contribution in [-0.4, -0.2) is 32.9 Å². The zero-order chi connectivity index (χ0) is 16.9. The molecule has 0 bridgehead atoms. The molecule has 1 heterocycles. The fourth-order valence-corrected chi connectivity index (χ4v) is 2.94. The number of aryl methyl sites for hydroxylation is 1. The number of fused-ring (bicyclic) bond motifs is 3. The molecule has 0 aliphatic heterocycles. The number of carbonyl (C=O) groups is 1.